The first kappa shape index (κ1) is 19.7. The normalized spacial score (nSPS) is 17.3. The molecule has 0 radical (unpaired) electrons. The highest BCUT2D eigenvalue weighted by Crippen LogP contribution is 2.36. The Morgan fingerprint density at radius 1 is 1.22 bits per heavy atom. The van der Waals surface area contributed by atoms with E-state index < -0.39 is 0 Å². The van der Waals surface area contributed by atoms with E-state index in [1.807, 2.05) is 25.1 Å². The van der Waals surface area contributed by atoms with Gasteiger partial charge in [0, 0.05) is 18.2 Å². The van der Waals surface area contributed by atoms with Gasteiger partial charge in [0.15, 0.2) is 11.5 Å². The third-order valence-corrected chi connectivity index (χ3v) is 6.40. The summed E-state index contributed by atoms with van der Waals surface area (Å²) < 4.78 is 10.7. The van der Waals surface area contributed by atoms with Crippen LogP contribution in [0, 0.1) is 12.8 Å². The summed E-state index contributed by atoms with van der Waals surface area (Å²) in [4.78, 5) is 20.7. The van der Waals surface area contributed by atoms with Crippen molar-refractivity contribution in [2.75, 3.05) is 20.8 Å². The second kappa shape index (κ2) is 8.30. The fourth-order valence-electron chi connectivity index (χ4n) is 3.72. The summed E-state index contributed by atoms with van der Waals surface area (Å²) in [5, 5.41) is 0.829. The van der Waals surface area contributed by atoms with Crippen LogP contribution in [0.25, 0.3) is 10.6 Å². The number of carbonyl (C=O) groups is 1. The number of hydrogen-bond donors (Lipinski definition) is 0. The van der Waals surface area contributed by atoms with Gasteiger partial charge in [0.05, 0.1) is 19.9 Å². The number of benzene rings is 1. The molecule has 2 aromatic rings. The molecule has 1 fully saturated rings. The van der Waals surface area contributed by atoms with Crippen LogP contribution in [-0.4, -0.2) is 42.6 Å². The summed E-state index contributed by atoms with van der Waals surface area (Å²) >= 11 is 1.46. The number of methoxy groups -OCH3 is 2. The molecule has 146 valence electrons. The second-order valence-electron chi connectivity index (χ2n) is 7.31. The number of aryl methyl sites for hydroxylation is 1. The molecule has 1 aliphatic heterocycles. The Bertz CT molecular complexity index is 816. The first-order chi connectivity index (χ1) is 13.0. The average Bonchev–Trinajstić information content (AvgIpc) is 3.08. The van der Waals surface area contributed by atoms with Crippen molar-refractivity contribution in [3.05, 3.63) is 28.8 Å². The lowest BCUT2D eigenvalue weighted by atomic mass is 9.92. The van der Waals surface area contributed by atoms with Gasteiger partial charge in [0.2, 0.25) is 0 Å². The first-order valence-electron chi connectivity index (χ1n) is 9.47. The number of ether oxygens (including phenoxy) is 2. The van der Waals surface area contributed by atoms with Crippen molar-refractivity contribution >= 4 is 17.2 Å². The molecule has 1 amide bonds. The Balaban J connectivity index is 1.91. The van der Waals surface area contributed by atoms with Crippen molar-refractivity contribution in [2.24, 2.45) is 5.92 Å². The van der Waals surface area contributed by atoms with Gasteiger partial charge < -0.3 is 14.4 Å². The zero-order valence-corrected chi connectivity index (χ0v) is 17.6. The van der Waals surface area contributed by atoms with E-state index in [1.165, 1.54) is 17.8 Å². The maximum atomic E-state index is 13.3. The molecule has 2 heterocycles. The van der Waals surface area contributed by atoms with E-state index in [0.717, 1.165) is 40.5 Å². The van der Waals surface area contributed by atoms with Crippen molar-refractivity contribution in [1.82, 2.24) is 9.88 Å². The molecule has 27 heavy (non-hydrogen) atoms. The van der Waals surface area contributed by atoms with Gasteiger partial charge in [-0.1, -0.05) is 13.8 Å². The molecule has 5 nitrogen and oxygen atoms in total. The van der Waals surface area contributed by atoms with Crippen molar-refractivity contribution in [3.63, 3.8) is 0 Å². The molecule has 0 aliphatic carbocycles. The van der Waals surface area contributed by atoms with E-state index in [9.17, 15) is 4.79 Å². The number of piperidine rings is 1. The van der Waals surface area contributed by atoms with Crippen molar-refractivity contribution < 1.29 is 14.3 Å². The number of carbonyl (C=O) groups excluding carboxylic acids is 1. The third-order valence-electron chi connectivity index (χ3n) is 5.20. The molecule has 6 heteroatoms. The van der Waals surface area contributed by atoms with Crippen LogP contribution in [0.5, 0.6) is 11.5 Å². The van der Waals surface area contributed by atoms with Gasteiger partial charge in [-0.15, -0.1) is 11.3 Å². The Hall–Kier alpha value is -2.08. The fraction of sp³-hybridized carbons (Fsp3) is 0.524. The maximum absolute atomic E-state index is 13.3. The Morgan fingerprint density at radius 3 is 2.63 bits per heavy atom. The Kier molecular flexibility index (Phi) is 6.05. The minimum Gasteiger partial charge on any atom is -0.493 e. The SMILES string of the molecule is COc1ccc(-c2nc(C)c(C(=O)N3CCCCC3C(C)C)s2)cc1OC. The lowest BCUT2D eigenvalue weighted by molar-refractivity contribution is 0.0547. The van der Waals surface area contributed by atoms with Crippen LogP contribution in [0.2, 0.25) is 0 Å². The molecule has 1 aliphatic rings. The molecular formula is C21H28N2O3S. The lowest BCUT2D eigenvalue weighted by Gasteiger charge is -2.38. The predicted molar refractivity (Wildman–Crippen MR) is 109 cm³/mol. The molecule has 0 N–H and O–H groups in total. The minimum atomic E-state index is 0.120. The van der Waals surface area contributed by atoms with E-state index in [1.54, 1.807) is 14.2 Å². The largest absolute Gasteiger partial charge is 0.493 e. The fourth-order valence-corrected chi connectivity index (χ4v) is 4.74. The maximum Gasteiger partial charge on any atom is 0.266 e. The minimum absolute atomic E-state index is 0.120. The van der Waals surface area contributed by atoms with E-state index in [0.29, 0.717) is 23.5 Å². The van der Waals surface area contributed by atoms with Crippen LogP contribution in [0.3, 0.4) is 0 Å². The number of likely N-dealkylation sites (tertiary alicyclic amines) is 1. The summed E-state index contributed by atoms with van der Waals surface area (Å²) in [6.07, 6.45) is 3.37. The van der Waals surface area contributed by atoms with Crippen molar-refractivity contribution in [1.29, 1.82) is 0 Å². The van der Waals surface area contributed by atoms with Gasteiger partial charge in [-0.25, -0.2) is 4.98 Å². The molecule has 1 unspecified atom stereocenters. The number of aromatic nitrogens is 1. The number of hydrogen-bond acceptors (Lipinski definition) is 5. The Morgan fingerprint density at radius 2 is 1.96 bits per heavy atom. The van der Waals surface area contributed by atoms with E-state index in [-0.39, 0.29) is 5.91 Å². The average molecular weight is 389 g/mol. The standard InChI is InChI=1S/C21H28N2O3S/c1-13(2)16-8-6-7-11-23(16)21(24)19-14(3)22-20(27-19)15-9-10-17(25-4)18(12-15)26-5/h9-10,12-13,16H,6-8,11H2,1-5H3. The first-order valence-corrected chi connectivity index (χ1v) is 10.3. The Labute approximate surface area is 165 Å². The molecule has 0 saturated carbocycles. The second-order valence-corrected chi connectivity index (χ2v) is 8.31. The lowest BCUT2D eigenvalue weighted by Crippen LogP contribution is -2.46. The molecule has 0 bridgehead atoms. The summed E-state index contributed by atoms with van der Waals surface area (Å²) in [5.41, 5.74) is 1.72. The number of nitrogens with zero attached hydrogens (tertiary/aromatic N) is 2. The zero-order valence-electron chi connectivity index (χ0n) is 16.7. The van der Waals surface area contributed by atoms with E-state index in [4.69, 9.17) is 9.47 Å². The highest BCUT2D eigenvalue weighted by Gasteiger charge is 2.31. The highest BCUT2D eigenvalue weighted by molar-refractivity contribution is 7.17. The van der Waals surface area contributed by atoms with E-state index >= 15 is 0 Å². The number of rotatable bonds is 5. The molecule has 0 spiro atoms. The van der Waals surface area contributed by atoms with Crippen molar-refractivity contribution in [3.8, 4) is 22.1 Å². The molecule has 3 rings (SSSR count). The summed E-state index contributed by atoms with van der Waals surface area (Å²) in [5.74, 6) is 1.92. The van der Waals surface area contributed by atoms with Gasteiger partial charge in [-0.2, -0.15) is 0 Å². The van der Waals surface area contributed by atoms with Crippen LogP contribution in [0.4, 0.5) is 0 Å². The smallest absolute Gasteiger partial charge is 0.266 e. The monoisotopic (exact) mass is 388 g/mol. The van der Waals surface area contributed by atoms with Gasteiger partial charge in [-0.3, -0.25) is 4.79 Å². The summed E-state index contributed by atoms with van der Waals surface area (Å²) in [7, 11) is 3.23. The van der Waals surface area contributed by atoms with Crippen LogP contribution in [-0.2, 0) is 0 Å². The predicted octanol–water partition coefficient (Wildman–Crippen LogP) is 4.79. The zero-order chi connectivity index (χ0) is 19.6. The van der Waals surface area contributed by atoms with Crippen LogP contribution in [0.15, 0.2) is 18.2 Å². The van der Waals surface area contributed by atoms with Crippen molar-refractivity contribution in [2.45, 2.75) is 46.1 Å². The summed E-state index contributed by atoms with van der Waals surface area (Å²) in [6, 6.07) is 6.04. The quantitative estimate of drug-likeness (QED) is 0.739. The van der Waals surface area contributed by atoms with Crippen LogP contribution in [0.1, 0.15) is 48.5 Å². The van der Waals surface area contributed by atoms with Gasteiger partial charge >= 0.3 is 0 Å². The summed E-state index contributed by atoms with van der Waals surface area (Å²) in [6.45, 7) is 7.16. The van der Waals surface area contributed by atoms with Crippen LogP contribution >= 0.6 is 11.3 Å². The molecular weight excluding hydrogens is 360 g/mol. The topological polar surface area (TPSA) is 51.7 Å². The van der Waals surface area contributed by atoms with Gasteiger partial charge in [-0.05, 0) is 50.3 Å². The molecule has 1 aromatic heterocycles. The van der Waals surface area contributed by atoms with Crippen LogP contribution < -0.4 is 9.47 Å². The molecule has 1 atom stereocenters. The number of amides is 1. The van der Waals surface area contributed by atoms with Gasteiger partial charge in [0.1, 0.15) is 9.88 Å². The molecule has 1 aromatic carbocycles. The number of thiazole rings is 1. The molecule has 1 saturated heterocycles. The van der Waals surface area contributed by atoms with E-state index in [2.05, 4.69) is 23.7 Å². The van der Waals surface area contributed by atoms with Gasteiger partial charge in [0.25, 0.3) is 5.91 Å². The third kappa shape index (κ3) is 3.95. The highest BCUT2D eigenvalue weighted by atomic mass is 32.1.